The number of amides is 2. The third kappa shape index (κ3) is 4.78. The van der Waals surface area contributed by atoms with Crippen LogP contribution in [-0.2, 0) is 0 Å². The molecule has 0 aliphatic heterocycles. The Kier molecular flexibility index (Phi) is 5.94. The van der Waals surface area contributed by atoms with Crippen LogP contribution < -0.4 is 10.9 Å². The Hall–Kier alpha value is -3.04. The molecule has 27 heavy (non-hydrogen) atoms. The Morgan fingerprint density at radius 2 is 1.30 bits per heavy atom. The fourth-order valence-corrected chi connectivity index (χ4v) is 3.60. The van der Waals surface area contributed by atoms with Crippen LogP contribution in [0.4, 0.5) is 0 Å². The van der Waals surface area contributed by atoms with Crippen molar-refractivity contribution in [2.24, 2.45) is 10.2 Å². The van der Waals surface area contributed by atoms with Crippen LogP contribution in [0.25, 0.3) is 0 Å². The largest absolute Gasteiger partial charge is 0.446 e. The number of nitrogens with zero attached hydrogens (tertiary/aromatic N) is 2. The van der Waals surface area contributed by atoms with Gasteiger partial charge < -0.3 is 4.42 Å². The first-order valence-electron chi connectivity index (χ1n) is 7.89. The lowest BCUT2D eigenvalue weighted by Crippen LogP contribution is -2.18. The second kappa shape index (κ2) is 8.56. The lowest BCUT2D eigenvalue weighted by Gasteiger charge is -1.97. The number of hydrazone groups is 2. The second-order valence-electron chi connectivity index (χ2n) is 5.50. The summed E-state index contributed by atoms with van der Waals surface area (Å²) < 4.78 is 5.26. The Bertz CT molecular complexity index is 935. The van der Waals surface area contributed by atoms with Gasteiger partial charge in [-0.1, -0.05) is 0 Å². The van der Waals surface area contributed by atoms with Gasteiger partial charge in [0, 0.05) is 9.75 Å². The summed E-state index contributed by atoms with van der Waals surface area (Å²) in [6.07, 6.45) is 3.13. The van der Waals surface area contributed by atoms with E-state index < -0.39 is 11.8 Å². The van der Waals surface area contributed by atoms with Gasteiger partial charge in [-0.2, -0.15) is 10.2 Å². The van der Waals surface area contributed by atoms with E-state index >= 15 is 0 Å². The molecule has 0 aliphatic rings. The van der Waals surface area contributed by atoms with Gasteiger partial charge in [0.25, 0.3) is 0 Å². The lowest BCUT2D eigenvalue weighted by atomic mass is 10.3. The number of aryl methyl sites for hydroxylation is 2. The molecule has 9 heteroatoms. The lowest BCUT2D eigenvalue weighted by molar-refractivity contribution is 0.0902. The molecule has 3 heterocycles. The van der Waals surface area contributed by atoms with Gasteiger partial charge in [-0.15, -0.1) is 22.7 Å². The molecule has 3 aromatic heterocycles. The normalized spacial score (nSPS) is 11.3. The quantitative estimate of drug-likeness (QED) is 0.489. The maximum Gasteiger partial charge on any atom is 0.307 e. The Labute approximate surface area is 163 Å². The molecule has 0 aliphatic carbocycles. The minimum atomic E-state index is -0.544. The molecule has 0 bridgehead atoms. The molecule has 2 N–H and O–H groups in total. The standard InChI is InChI=1S/C18H16N4O3S2/c1-11-5-7-26-15(11)9-19-21-17(23)13-3-4-14(25-13)18(24)22-20-10-16-12(2)6-8-27-16/h3-10H,1-2H3,(H,21,23)(H,22,24). The van der Waals surface area contributed by atoms with Crippen molar-refractivity contribution in [3.8, 4) is 0 Å². The molecule has 7 nitrogen and oxygen atoms in total. The zero-order valence-electron chi connectivity index (χ0n) is 14.6. The van der Waals surface area contributed by atoms with E-state index in [2.05, 4.69) is 21.1 Å². The topological polar surface area (TPSA) is 96.1 Å². The van der Waals surface area contributed by atoms with Crippen LogP contribution in [0.1, 0.15) is 42.0 Å². The van der Waals surface area contributed by atoms with Crippen LogP contribution in [0.5, 0.6) is 0 Å². The highest BCUT2D eigenvalue weighted by Gasteiger charge is 2.15. The molecule has 0 unspecified atom stereocenters. The molecule has 0 saturated carbocycles. The third-order valence-corrected chi connectivity index (χ3v) is 5.46. The first-order valence-corrected chi connectivity index (χ1v) is 9.65. The third-order valence-electron chi connectivity index (χ3n) is 3.55. The Morgan fingerprint density at radius 3 is 1.67 bits per heavy atom. The summed E-state index contributed by atoms with van der Waals surface area (Å²) >= 11 is 3.05. The van der Waals surface area contributed by atoms with Gasteiger partial charge in [-0.05, 0) is 60.0 Å². The van der Waals surface area contributed by atoms with Crippen molar-refractivity contribution < 1.29 is 14.0 Å². The summed E-state index contributed by atoms with van der Waals surface area (Å²) in [5.74, 6) is -1.12. The van der Waals surface area contributed by atoms with Crippen molar-refractivity contribution >= 4 is 46.9 Å². The van der Waals surface area contributed by atoms with E-state index in [1.54, 1.807) is 12.4 Å². The van der Waals surface area contributed by atoms with Crippen molar-refractivity contribution in [3.05, 3.63) is 67.4 Å². The fourth-order valence-electron chi connectivity index (χ4n) is 2.02. The summed E-state index contributed by atoms with van der Waals surface area (Å²) in [6, 6.07) is 6.74. The number of hydrogen-bond donors (Lipinski definition) is 2. The van der Waals surface area contributed by atoms with Gasteiger partial charge >= 0.3 is 11.8 Å². The van der Waals surface area contributed by atoms with Crippen molar-refractivity contribution in [2.75, 3.05) is 0 Å². The maximum absolute atomic E-state index is 12.0. The van der Waals surface area contributed by atoms with E-state index in [4.69, 9.17) is 4.42 Å². The predicted octanol–water partition coefficient (Wildman–Crippen LogP) is 3.55. The second-order valence-corrected chi connectivity index (χ2v) is 7.39. The van der Waals surface area contributed by atoms with Crippen LogP contribution in [-0.4, -0.2) is 24.2 Å². The summed E-state index contributed by atoms with van der Waals surface area (Å²) in [5.41, 5.74) is 6.89. The highest BCUT2D eigenvalue weighted by molar-refractivity contribution is 7.12. The summed E-state index contributed by atoms with van der Waals surface area (Å²) in [4.78, 5) is 26.0. The van der Waals surface area contributed by atoms with E-state index in [0.717, 1.165) is 20.9 Å². The minimum absolute atomic E-state index is 0.0155. The molecule has 138 valence electrons. The summed E-state index contributed by atoms with van der Waals surface area (Å²) in [5, 5.41) is 11.7. The first kappa shape index (κ1) is 18.7. The van der Waals surface area contributed by atoms with Gasteiger partial charge in [0.1, 0.15) is 0 Å². The van der Waals surface area contributed by atoms with E-state index in [0.29, 0.717) is 0 Å². The molecule has 3 aromatic rings. The number of nitrogens with one attached hydrogen (secondary N) is 2. The number of carbonyl (C=O) groups excluding carboxylic acids is 2. The molecule has 0 saturated heterocycles. The summed E-state index contributed by atoms with van der Waals surface area (Å²) in [7, 11) is 0. The van der Waals surface area contributed by atoms with Gasteiger partial charge in [0.05, 0.1) is 12.4 Å². The summed E-state index contributed by atoms with van der Waals surface area (Å²) in [6.45, 7) is 3.92. The van der Waals surface area contributed by atoms with Crippen molar-refractivity contribution in [3.63, 3.8) is 0 Å². The highest BCUT2D eigenvalue weighted by Crippen LogP contribution is 2.13. The van der Waals surface area contributed by atoms with Gasteiger partial charge in [0.15, 0.2) is 11.5 Å². The number of hydrogen-bond acceptors (Lipinski definition) is 7. The number of carbonyl (C=O) groups is 2. The molecular formula is C18H16N4O3S2. The van der Waals surface area contributed by atoms with E-state index in [1.807, 2.05) is 36.7 Å². The average molecular weight is 400 g/mol. The smallest absolute Gasteiger partial charge is 0.307 e. The van der Waals surface area contributed by atoms with Crippen molar-refractivity contribution in [1.82, 2.24) is 10.9 Å². The molecule has 3 rings (SSSR count). The highest BCUT2D eigenvalue weighted by atomic mass is 32.1. The maximum atomic E-state index is 12.0. The van der Waals surface area contributed by atoms with E-state index in [9.17, 15) is 9.59 Å². The molecule has 2 amide bonds. The fraction of sp³-hybridized carbons (Fsp3) is 0.111. The van der Waals surface area contributed by atoms with Crippen molar-refractivity contribution in [2.45, 2.75) is 13.8 Å². The zero-order valence-corrected chi connectivity index (χ0v) is 16.2. The van der Waals surface area contributed by atoms with Gasteiger partial charge in [-0.3, -0.25) is 9.59 Å². The van der Waals surface area contributed by atoms with Crippen LogP contribution >= 0.6 is 22.7 Å². The molecule has 0 aromatic carbocycles. The number of thiophene rings is 2. The Balaban J connectivity index is 1.55. The van der Waals surface area contributed by atoms with Crippen LogP contribution in [0, 0.1) is 13.8 Å². The van der Waals surface area contributed by atoms with E-state index in [-0.39, 0.29) is 11.5 Å². The first-order chi connectivity index (χ1) is 13.0. The number of rotatable bonds is 6. The van der Waals surface area contributed by atoms with Crippen molar-refractivity contribution in [1.29, 1.82) is 0 Å². The van der Waals surface area contributed by atoms with E-state index in [1.165, 1.54) is 34.8 Å². The van der Waals surface area contributed by atoms with Crippen LogP contribution in [0.15, 0.2) is 49.6 Å². The monoisotopic (exact) mass is 400 g/mol. The SMILES string of the molecule is Cc1ccsc1C=NNC(=O)c1ccc(C(=O)NN=Cc2sccc2C)o1. The Morgan fingerprint density at radius 1 is 0.852 bits per heavy atom. The van der Waals surface area contributed by atoms with Gasteiger partial charge in [0.2, 0.25) is 0 Å². The molecule has 0 fully saturated rings. The van der Waals surface area contributed by atoms with Crippen LogP contribution in [0.2, 0.25) is 0 Å². The van der Waals surface area contributed by atoms with Gasteiger partial charge in [-0.25, -0.2) is 10.9 Å². The van der Waals surface area contributed by atoms with Crippen LogP contribution in [0.3, 0.4) is 0 Å². The predicted molar refractivity (Wildman–Crippen MR) is 107 cm³/mol. The molecule has 0 spiro atoms. The minimum Gasteiger partial charge on any atom is -0.446 e. The molecular weight excluding hydrogens is 384 g/mol. The molecule has 0 radical (unpaired) electrons. The number of furan rings is 1. The average Bonchev–Trinajstić information content (AvgIpc) is 3.37. The zero-order chi connectivity index (χ0) is 19.2. The molecule has 0 atom stereocenters.